The summed E-state index contributed by atoms with van der Waals surface area (Å²) >= 11 is 0. The monoisotopic (exact) mass is 272 g/mol. The molecule has 0 atom stereocenters. The summed E-state index contributed by atoms with van der Waals surface area (Å²) in [6.45, 7) is 3.23. The first-order valence-corrected chi connectivity index (χ1v) is 6.81. The lowest BCUT2D eigenvalue weighted by Crippen LogP contribution is -2.01. The van der Waals surface area contributed by atoms with E-state index in [-0.39, 0.29) is 5.78 Å². The van der Waals surface area contributed by atoms with Gasteiger partial charge in [-0.3, -0.25) is 4.79 Å². The zero-order valence-corrected chi connectivity index (χ0v) is 11.3. The van der Waals surface area contributed by atoms with Crippen molar-refractivity contribution in [1.29, 1.82) is 0 Å². The van der Waals surface area contributed by atoms with E-state index in [0.29, 0.717) is 36.0 Å². The molecular weight excluding hydrogens is 256 g/mol. The maximum Gasteiger partial charge on any atom is 0.228 e. The van der Waals surface area contributed by atoms with Gasteiger partial charge in [0.1, 0.15) is 5.76 Å². The summed E-state index contributed by atoms with van der Waals surface area (Å²) in [6, 6.07) is 8.78. The van der Waals surface area contributed by atoms with Crippen LogP contribution in [0.25, 0.3) is 0 Å². The third-order valence-electron chi connectivity index (χ3n) is 3.24. The first-order valence-electron chi connectivity index (χ1n) is 6.81. The SMILES string of the molecule is CCc1ccc(C(=O)c2ccc3c(c2)OCCCO3)o1. The summed E-state index contributed by atoms with van der Waals surface area (Å²) in [5.41, 5.74) is 0.547. The Labute approximate surface area is 117 Å². The van der Waals surface area contributed by atoms with Crippen molar-refractivity contribution in [2.75, 3.05) is 13.2 Å². The van der Waals surface area contributed by atoms with Gasteiger partial charge >= 0.3 is 0 Å². The summed E-state index contributed by atoms with van der Waals surface area (Å²) in [6.07, 6.45) is 1.62. The fourth-order valence-electron chi connectivity index (χ4n) is 2.14. The van der Waals surface area contributed by atoms with Crippen molar-refractivity contribution in [3.05, 3.63) is 47.4 Å². The number of ether oxygens (including phenoxy) is 2. The van der Waals surface area contributed by atoms with Crippen LogP contribution in [0.5, 0.6) is 11.5 Å². The average Bonchev–Trinajstić information content (AvgIpc) is 2.84. The van der Waals surface area contributed by atoms with Gasteiger partial charge in [0, 0.05) is 18.4 Å². The highest BCUT2D eigenvalue weighted by Crippen LogP contribution is 2.31. The van der Waals surface area contributed by atoms with Crippen molar-refractivity contribution in [1.82, 2.24) is 0 Å². The molecule has 0 saturated heterocycles. The average molecular weight is 272 g/mol. The Morgan fingerprint density at radius 1 is 1.10 bits per heavy atom. The normalized spacial score (nSPS) is 13.8. The molecule has 1 aromatic heterocycles. The molecule has 3 rings (SSSR count). The van der Waals surface area contributed by atoms with Gasteiger partial charge in [0.2, 0.25) is 5.78 Å². The summed E-state index contributed by atoms with van der Waals surface area (Å²) in [7, 11) is 0. The highest BCUT2D eigenvalue weighted by Gasteiger charge is 2.17. The van der Waals surface area contributed by atoms with E-state index in [1.54, 1.807) is 24.3 Å². The molecule has 0 bridgehead atoms. The van der Waals surface area contributed by atoms with Crippen LogP contribution in [0, 0.1) is 0 Å². The number of hydrogen-bond donors (Lipinski definition) is 0. The van der Waals surface area contributed by atoms with Crippen molar-refractivity contribution in [2.45, 2.75) is 19.8 Å². The highest BCUT2D eigenvalue weighted by molar-refractivity contribution is 6.07. The number of rotatable bonds is 3. The van der Waals surface area contributed by atoms with Crippen LogP contribution in [0.2, 0.25) is 0 Å². The number of furan rings is 1. The first-order chi connectivity index (χ1) is 9.78. The molecule has 0 aliphatic carbocycles. The molecule has 0 amide bonds. The number of benzene rings is 1. The van der Waals surface area contributed by atoms with Crippen LogP contribution in [0.3, 0.4) is 0 Å². The van der Waals surface area contributed by atoms with Crippen LogP contribution in [0.15, 0.2) is 34.7 Å². The standard InChI is InChI=1S/C16H16O4/c1-2-12-5-7-14(20-12)16(17)11-4-6-13-15(10-11)19-9-3-8-18-13/h4-7,10H,2-3,8-9H2,1H3. The largest absolute Gasteiger partial charge is 0.490 e. The summed E-state index contributed by atoms with van der Waals surface area (Å²) in [5, 5.41) is 0. The van der Waals surface area contributed by atoms with Gasteiger partial charge in [-0.25, -0.2) is 0 Å². The fourth-order valence-corrected chi connectivity index (χ4v) is 2.14. The molecule has 2 aromatic rings. The Bertz CT molecular complexity index is 627. The summed E-state index contributed by atoms with van der Waals surface area (Å²) in [4.78, 5) is 12.4. The van der Waals surface area contributed by atoms with Crippen LogP contribution in [-0.4, -0.2) is 19.0 Å². The minimum absolute atomic E-state index is 0.139. The predicted octanol–water partition coefficient (Wildman–Crippen LogP) is 3.23. The van der Waals surface area contributed by atoms with Crippen molar-refractivity contribution in [3.8, 4) is 11.5 Å². The second-order valence-electron chi connectivity index (χ2n) is 4.66. The van der Waals surface area contributed by atoms with Crippen LogP contribution in [0.1, 0.15) is 35.2 Å². The molecule has 4 nitrogen and oxygen atoms in total. The first kappa shape index (κ1) is 12.8. The number of ketones is 1. The molecule has 4 heteroatoms. The quantitative estimate of drug-likeness (QED) is 0.805. The second-order valence-corrected chi connectivity index (χ2v) is 4.66. The highest BCUT2D eigenvalue weighted by atomic mass is 16.5. The van der Waals surface area contributed by atoms with Crippen LogP contribution in [0.4, 0.5) is 0 Å². The van der Waals surface area contributed by atoms with Gasteiger partial charge in [-0.1, -0.05) is 6.92 Å². The van der Waals surface area contributed by atoms with Crippen molar-refractivity contribution < 1.29 is 18.7 Å². The lowest BCUT2D eigenvalue weighted by Gasteiger charge is -2.08. The number of aryl methyl sites for hydroxylation is 1. The number of carbonyl (C=O) groups excluding carboxylic acids is 1. The Morgan fingerprint density at radius 2 is 1.90 bits per heavy atom. The van der Waals surface area contributed by atoms with Crippen molar-refractivity contribution in [3.63, 3.8) is 0 Å². The van der Waals surface area contributed by atoms with E-state index in [0.717, 1.165) is 18.6 Å². The topological polar surface area (TPSA) is 48.7 Å². The lowest BCUT2D eigenvalue weighted by molar-refractivity contribution is 0.101. The minimum Gasteiger partial charge on any atom is -0.490 e. The smallest absolute Gasteiger partial charge is 0.228 e. The molecule has 0 unspecified atom stereocenters. The van der Waals surface area contributed by atoms with E-state index in [2.05, 4.69) is 0 Å². The molecule has 1 aliphatic heterocycles. The molecule has 0 spiro atoms. The van der Waals surface area contributed by atoms with Crippen LogP contribution >= 0.6 is 0 Å². The van der Waals surface area contributed by atoms with Gasteiger partial charge in [-0.2, -0.15) is 0 Å². The molecule has 104 valence electrons. The maximum atomic E-state index is 12.4. The van der Waals surface area contributed by atoms with E-state index < -0.39 is 0 Å². The van der Waals surface area contributed by atoms with Gasteiger partial charge in [0.25, 0.3) is 0 Å². The van der Waals surface area contributed by atoms with Gasteiger partial charge < -0.3 is 13.9 Å². The fraction of sp³-hybridized carbons (Fsp3) is 0.312. The third kappa shape index (κ3) is 2.41. The van der Waals surface area contributed by atoms with Crippen molar-refractivity contribution >= 4 is 5.78 Å². The van der Waals surface area contributed by atoms with Gasteiger partial charge in [-0.05, 0) is 30.3 Å². The third-order valence-corrected chi connectivity index (χ3v) is 3.24. The predicted molar refractivity (Wildman–Crippen MR) is 73.6 cm³/mol. The maximum absolute atomic E-state index is 12.4. The molecule has 1 aliphatic rings. The van der Waals surface area contributed by atoms with E-state index in [9.17, 15) is 4.79 Å². The number of hydrogen-bond acceptors (Lipinski definition) is 4. The van der Waals surface area contributed by atoms with Gasteiger partial charge in [0.15, 0.2) is 17.3 Å². The summed E-state index contributed by atoms with van der Waals surface area (Å²) in [5.74, 6) is 2.34. The molecule has 0 N–H and O–H groups in total. The Hall–Kier alpha value is -2.23. The summed E-state index contributed by atoms with van der Waals surface area (Å²) < 4.78 is 16.6. The van der Waals surface area contributed by atoms with Gasteiger partial charge in [0.05, 0.1) is 13.2 Å². The molecule has 20 heavy (non-hydrogen) atoms. The molecule has 1 aromatic carbocycles. The Morgan fingerprint density at radius 3 is 2.65 bits per heavy atom. The lowest BCUT2D eigenvalue weighted by atomic mass is 10.1. The zero-order valence-electron chi connectivity index (χ0n) is 11.3. The Balaban J connectivity index is 1.90. The molecule has 0 radical (unpaired) electrons. The van der Waals surface area contributed by atoms with E-state index >= 15 is 0 Å². The van der Waals surface area contributed by atoms with Crippen LogP contribution < -0.4 is 9.47 Å². The van der Waals surface area contributed by atoms with Gasteiger partial charge in [-0.15, -0.1) is 0 Å². The molecular formula is C16H16O4. The minimum atomic E-state index is -0.139. The number of carbonyl (C=O) groups is 1. The van der Waals surface area contributed by atoms with E-state index in [4.69, 9.17) is 13.9 Å². The van der Waals surface area contributed by atoms with Crippen molar-refractivity contribution in [2.24, 2.45) is 0 Å². The molecule has 2 heterocycles. The molecule has 0 saturated carbocycles. The zero-order chi connectivity index (χ0) is 13.9. The number of fused-ring (bicyclic) bond motifs is 1. The van der Waals surface area contributed by atoms with E-state index in [1.165, 1.54) is 0 Å². The molecule has 0 fully saturated rings. The van der Waals surface area contributed by atoms with Crippen LogP contribution in [-0.2, 0) is 6.42 Å². The second kappa shape index (κ2) is 5.41. The van der Waals surface area contributed by atoms with E-state index in [1.807, 2.05) is 13.0 Å². The Kier molecular flexibility index (Phi) is 3.46.